The van der Waals surface area contributed by atoms with Crippen LogP contribution in [0.5, 0.6) is 0 Å². The number of nitrogens with zero attached hydrogens (tertiary/aromatic N) is 3. The lowest BCUT2D eigenvalue weighted by atomic mass is 10.1. The fourth-order valence-corrected chi connectivity index (χ4v) is 1.34. The van der Waals surface area contributed by atoms with Crippen LogP contribution in [0.1, 0.15) is 13.8 Å². The van der Waals surface area contributed by atoms with Crippen LogP contribution in [-0.4, -0.2) is 34.2 Å². The second-order valence-corrected chi connectivity index (χ2v) is 4.65. The highest BCUT2D eigenvalue weighted by Crippen LogP contribution is 2.30. The van der Waals surface area contributed by atoms with Gasteiger partial charge in [-0.25, -0.2) is 4.98 Å². The lowest BCUT2D eigenvalue weighted by Gasteiger charge is -2.34. The van der Waals surface area contributed by atoms with Crippen LogP contribution in [0.15, 0.2) is 12.1 Å². The van der Waals surface area contributed by atoms with E-state index in [0.717, 1.165) is 0 Å². The molecule has 0 aromatic carbocycles. The molecule has 17 heavy (non-hydrogen) atoms. The number of halogens is 1. The number of hydrogen-bond donors (Lipinski definition) is 1. The Morgan fingerprint density at radius 3 is 2.65 bits per heavy atom. The second-order valence-electron chi connectivity index (χ2n) is 4.26. The van der Waals surface area contributed by atoms with Gasteiger partial charge in [0.15, 0.2) is 0 Å². The van der Waals surface area contributed by atoms with Gasteiger partial charge in [-0.3, -0.25) is 10.1 Å². The van der Waals surface area contributed by atoms with Crippen LogP contribution in [0.2, 0.25) is 5.15 Å². The summed E-state index contributed by atoms with van der Waals surface area (Å²) in [5, 5.41) is 20.3. The Labute approximate surface area is 104 Å². The van der Waals surface area contributed by atoms with Crippen LogP contribution in [-0.2, 0) is 0 Å². The molecule has 0 unspecified atom stereocenters. The summed E-state index contributed by atoms with van der Waals surface area (Å²) in [5.41, 5.74) is -0.805. The maximum atomic E-state index is 10.9. The molecule has 7 heteroatoms. The van der Waals surface area contributed by atoms with Crippen LogP contribution in [0.4, 0.5) is 11.5 Å². The van der Waals surface area contributed by atoms with Gasteiger partial charge in [0, 0.05) is 13.1 Å². The molecule has 0 saturated carbocycles. The predicted octanol–water partition coefficient (Wildman–Crippen LogP) is 1.85. The molecule has 0 saturated heterocycles. The minimum absolute atomic E-state index is 0.140. The normalized spacial score (nSPS) is 11.4. The molecule has 0 aliphatic rings. The zero-order valence-electron chi connectivity index (χ0n) is 9.85. The Kier molecular flexibility index (Phi) is 3.90. The molecule has 0 radical (unpaired) electrons. The number of aliphatic hydroxyl groups is 1. The third-order valence-electron chi connectivity index (χ3n) is 2.63. The van der Waals surface area contributed by atoms with Crippen LogP contribution >= 0.6 is 11.6 Å². The van der Waals surface area contributed by atoms with Gasteiger partial charge in [-0.15, -0.1) is 0 Å². The van der Waals surface area contributed by atoms with Crippen molar-refractivity contribution in [2.24, 2.45) is 0 Å². The number of hydrogen-bond acceptors (Lipinski definition) is 5. The first-order valence-corrected chi connectivity index (χ1v) is 5.33. The van der Waals surface area contributed by atoms with Gasteiger partial charge < -0.3 is 10.0 Å². The topological polar surface area (TPSA) is 79.5 Å². The zero-order chi connectivity index (χ0) is 13.2. The summed E-state index contributed by atoms with van der Waals surface area (Å²) in [4.78, 5) is 15.8. The van der Waals surface area contributed by atoms with E-state index in [1.165, 1.54) is 17.0 Å². The van der Waals surface area contributed by atoms with Gasteiger partial charge in [0.2, 0.25) is 5.82 Å². The van der Waals surface area contributed by atoms with E-state index in [9.17, 15) is 15.2 Å². The summed E-state index contributed by atoms with van der Waals surface area (Å²) in [5.74, 6) is 0.140. The molecule has 1 aromatic heterocycles. The molecule has 6 nitrogen and oxygen atoms in total. The SMILES string of the molecule is CN(c1nc(Cl)ccc1[N+](=O)[O-])C(C)(C)CO. The molecule has 0 fully saturated rings. The highest BCUT2D eigenvalue weighted by molar-refractivity contribution is 6.29. The van der Waals surface area contributed by atoms with Crippen molar-refractivity contribution in [3.63, 3.8) is 0 Å². The standard InChI is InChI=1S/C10H14ClN3O3/c1-10(2,6-15)13(3)9-7(14(16)17)4-5-8(11)12-9/h4-5,15H,6H2,1-3H3. The Balaban J connectivity index is 3.29. The first kappa shape index (κ1) is 13.7. The summed E-state index contributed by atoms with van der Waals surface area (Å²) in [6, 6.07) is 2.66. The molecule has 0 amide bonds. The minimum atomic E-state index is -0.664. The van der Waals surface area contributed by atoms with Gasteiger partial charge in [0.25, 0.3) is 0 Å². The monoisotopic (exact) mass is 259 g/mol. The van der Waals surface area contributed by atoms with Crippen molar-refractivity contribution >= 4 is 23.1 Å². The Morgan fingerprint density at radius 2 is 2.18 bits per heavy atom. The van der Waals surface area contributed by atoms with E-state index in [-0.39, 0.29) is 23.3 Å². The molecule has 94 valence electrons. The molecule has 1 N–H and O–H groups in total. The third kappa shape index (κ3) is 2.83. The summed E-state index contributed by atoms with van der Waals surface area (Å²) in [6.45, 7) is 3.34. The summed E-state index contributed by atoms with van der Waals surface area (Å²) in [7, 11) is 1.63. The van der Waals surface area contributed by atoms with Crippen molar-refractivity contribution in [2.75, 3.05) is 18.6 Å². The highest BCUT2D eigenvalue weighted by Gasteiger charge is 2.29. The molecule has 0 bridgehead atoms. The van der Waals surface area contributed by atoms with Gasteiger partial charge in [0.05, 0.1) is 17.1 Å². The largest absolute Gasteiger partial charge is 0.394 e. The van der Waals surface area contributed by atoms with Gasteiger partial charge in [-0.05, 0) is 19.9 Å². The lowest BCUT2D eigenvalue weighted by Crippen LogP contribution is -2.45. The molecule has 1 rings (SSSR count). The quantitative estimate of drug-likeness (QED) is 0.507. The van der Waals surface area contributed by atoms with Crippen molar-refractivity contribution in [1.29, 1.82) is 0 Å². The maximum Gasteiger partial charge on any atom is 0.311 e. The number of aromatic nitrogens is 1. The fraction of sp³-hybridized carbons (Fsp3) is 0.500. The highest BCUT2D eigenvalue weighted by atomic mass is 35.5. The fourth-order valence-electron chi connectivity index (χ4n) is 1.20. The number of anilines is 1. The predicted molar refractivity (Wildman–Crippen MR) is 65.5 cm³/mol. The Bertz CT molecular complexity index is 437. The van der Waals surface area contributed by atoms with Gasteiger partial charge >= 0.3 is 5.69 Å². The van der Waals surface area contributed by atoms with E-state index in [2.05, 4.69) is 4.98 Å². The van der Waals surface area contributed by atoms with E-state index in [0.29, 0.717) is 0 Å². The number of rotatable bonds is 4. The number of nitro groups is 1. The lowest BCUT2D eigenvalue weighted by molar-refractivity contribution is -0.384. The second kappa shape index (κ2) is 4.85. The van der Waals surface area contributed by atoms with Crippen LogP contribution in [0.3, 0.4) is 0 Å². The van der Waals surface area contributed by atoms with Gasteiger partial charge in [-0.1, -0.05) is 11.6 Å². The van der Waals surface area contributed by atoms with E-state index in [1.807, 2.05) is 0 Å². The molecule has 0 spiro atoms. The van der Waals surface area contributed by atoms with E-state index >= 15 is 0 Å². The van der Waals surface area contributed by atoms with E-state index < -0.39 is 10.5 Å². The average Bonchev–Trinajstić information content (AvgIpc) is 2.27. The van der Waals surface area contributed by atoms with Crippen LogP contribution in [0.25, 0.3) is 0 Å². The van der Waals surface area contributed by atoms with Crippen molar-refractivity contribution in [3.05, 3.63) is 27.4 Å². The number of aliphatic hydroxyl groups excluding tert-OH is 1. The maximum absolute atomic E-state index is 10.9. The summed E-state index contributed by atoms with van der Waals surface area (Å²) < 4.78 is 0. The molecule has 0 atom stereocenters. The Hall–Kier alpha value is -1.40. The summed E-state index contributed by atoms with van der Waals surface area (Å²) in [6.07, 6.45) is 0. The van der Waals surface area contributed by atoms with Crippen molar-refractivity contribution in [3.8, 4) is 0 Å². The average molecular weight is 260 g/mol. The smallest absolute Gasteiger partial charge is 0.311 e. The first-order valence-electron chi connectivity index (χ1n) is 4.95. The molecule has 1 aromatic rings. The van der Waals surface area contributed by atoms with Crippen molar-refractivity contribution in [2.45, 2.75) is 19.4 Å². The molecular formula is C10H14ClN3O3. The van der Waals surface area contributed by atoms with Gasteiger partial charge in [-0.2, -0.15) is 0 Å². The third-order valence-corrected chi connectivity index (χ3v) is 2.84. The van der Waals surface area contributed by atoms with Crippen LogP contribution in [0, 0.1) is 10.1 Å². The zero-order valence-corrected chi connectivity index (χ0v) is 10.6. The van der Waals surface area contributed by atoms with E-state index in [1.54, 1.807) is 20.9 Å². The first-order chi connectivity index (χ1) is 7.79. The number of likely N-dealkylation sites (N-methyl/N-ethyl adjacent to an activating group) is 1. The van der Waals surface area contributed by atoms with Crippen LogP contribution < -0.4 is 4.90 Å². The van der Waals surface area contributed by atoms with Gasteiger partial charge in [0.1, 0.15) is 5.15 Å². The number of pyridine rings is 1. The Morgan fingerprint density at radius 1 is 1.59 bits per heavy atom. The molecule has 0 aliphatic heterocycles. The van der Waals surface area contributed by atoms with Crippen molar-refractivity contribution in [1.82, 2.24) is 4.98 Å². The molecule has 0 aliphatic carbocycles. The summed E-state index contributed by atoms with van der Waals surface area (Å²) >= 11 is 5.74. The molecule has 1 heterocycles. The molecular weight excluding hydrogens is 246 g/mol. The van der Waals surface area contributed by atoms with Crippen molar-refractivity contribution < 1.29 is 10.0 Å². The van der Waals surface area contributed by atoms with E-state index in [4.69, 9.17) is 11.6 Å². The minimum Gasteiger partial charge on any atom is -0.394 e.